The van der Waals surface area contributed by atoms with Crippen LogP contribution in [0.2, 0.25) is 0 Å². The summed E-state index contributed by atoms with van der Waals surface area (Å²) in [6.45, 7) is 15.4. The van der Waals surface area contributed by atoms with Crippen LogP contribution in [0, 0.1) is 0 Å². The molecule has 0 heterocycles. The second-order valence-corrected chi connectivity index (χ2v) is 5.67. The van der Waals surface area contributed by atoms with Gasteiger partial charge in [0.1, 0.15) is 13.2 Å². The minimum atomic E-state index is -0.427. The SMILES string of the molecule is C=C(C)C(=O)OCCOCCOCCOC(=O)C(=C)C.C=Cc1ccccc1. The molecule has 0 atom stereocenters. The summed E-state index contributed by atoms with van der Waals surface area (Å²) >= 11 is 0. The zero-order valence-electron chi connectivity index (χ0n) is 16.8. The molecule has 154 valence electrons. The van der Waals surface area contributed by atoms with Crippen molar-refractivity contribution in [3.63, 3.8) is 0 Å². The minimum absolute atomic E-state index is 0.182. The van der Waals surface area contributed by atoms with Crippen LogP contribution in [-0.4, -0.2) is 51.6 Å². The van der Waals surface area contributed by atoms with Crippen LogP contribution in [0.4, 0.5) is 0 Å². The fraction of sp³-hybridized carbons (Fsp3) is 0.364. The maximum absolute atomic E-state index is 11.0. The van der Waals surface area contributed by atoms with Crippen molar-refractivity contribution in [3.8, 4) is 0 Å². The van der Waals surface area contributed by atoms with E-state index in [0.717, 1.165) is 0 Å². The molecule has 0 N–H and O–H groups in total. The highest BCUT2D eigenvalue weighted by Crippen LogP contribution is 1.97. The quantitative estimate of drug-likeness (QED) is 0.309. The van der Waals surface area contributed by atoms with Crippen molar-refractivity contribution in [2.75, 3.05) is 39.6 Å². The summed E-state index contributed by atoms with van der Waals surface area (Å²) in [6.07, 6.45) is 1.83. The first-order chi connectivity index (χ1) is 13.4. The average Bonchev–Trinajstić information content (AvgIpc) is 2.69. The highest BCUT2D eigenvalue weighted by molar-refractivity contribution is 5.87. The first-order valence-electron chi connectivity index (χ1n) is 8.86. The lowest BCUT2D eigenvalue weighted by atomic mass is 10.2. The number of carbonyl (C=O) groups is 2. The van der Waals surface area contributed by atoms with Gasteiger partial charge in [-0.05, 0) is 19.4 Å². The monoisotopic (exact) mass is 390 g/mol. The maximum atomic E-state index is 11.0. The lowest BCUT2D eigenvalue weighted by Gasteiger charge is -2.07. The van der Waals surface area contributed by atoms with Gasteiger partial charge in [-0.15, -0.1) is 0 Å². The van der Waals surface area contributed by atoms with E-state index < -0.39 is 11.9 Å². The Balaban J connectivity index is 0.000000749. The van der Waals surface area contributed by atoms with Gasteiger partial charge in [0.2, 0.25) is 0 Å². The van der Waals surface area contributed by atoms with Crippen LogP contribution in [-0.2, 0) is 28.5 Å². The highest BCUT2D eigenvalue weighted by Gasteiger charge is 2.03. The van der Waals surface area contributed by atoms with Crippen molar-refractivity contribution < 1.29 is 28.5 Å². The molecule has 0 aliphatic carbocycles. The van der Waals surface area contributed by atoms with Crippen LogP contribution >= 0.6 is 0 Å². The van der Waals surface area contributed by atoms with Gasteiger partial charge in [0.15, 0.2) is 0 Å². The lowest BCUT2D eigenvalue weighted by Crippen LogP contribution is -2.15. The van der Waals surface area contributed by atoms with E-state index in [4.69, 9.17) is 18.9 Å². The Morgan fingerprint density at radius 1 is 0.786 bits per heavy atom. The first kappa shape index (κ1) is 25.3. The highest BCUT2D eigenvalue weighted by atomic mass is 16.6. The normalized spacial score (nSPS) is 9.50. The van der Waals surface area contributed by atoms with E-state index in [2.05, 4.69) is 19.7 Å². The molecule has 0 amide bonds. The number of hydrogen-bond acceptors (Lipinski definition) is 6. The molecular formula is C22H30O6. The Morgan fingerprint density at radius 3 is 1.50 bits per heavy atom. The van der Waals surface area contributed by atoms with Crippen molar-refractivity contribution >= 4 is 18.0 Å². The Hall–Kier alpha value is -2.70. The summed E-state index contributed by atoms with van der Waals surface area (Å²) in [5.74, 6) is -0.853. The molecule has 0 spiro atoms. The fourth-order valence-corrected chi connectivity index (χ4v) is 1.54. The van der Waals surface area contributed by atoms with Crippen LogP contribution in [0.1, 0.15) is 19.4 Å². The van der Waals surface area contributed by atoms with E-state index >= 15 is 0 Å². The number of esters is 2. The van der Waals surface area contributed by atoms with Gasteiger partial charge in [0.05, 0.1) is 26.4 Å². The zero-order valence-corrected chi connectivity index (χ0v) is 16.8. The molecule has 28 heavy (non-hydrogen) atoms. The third kappa shape index (κ3) is 14.5. The number of hydrogen-bond donors (Lipinski definition) is 0. The molecule has 0 aliphatic heterocycles. The summed E-state index contributed by atoms with van der Waals surface area (Å²) in [5.41, 5.74) is 1.89. The number of ether oxygens (including phenoxy) is 4. The zero-order chi connectivity index (χ0) is 21.2. The summed E-state index contributed by atoms with van der Waals surface area (Å²) < 4.78 is 20.0. The van der Waals surface area contributed by atoms with E-state index in [9.17, 15) is 9.59 Å². The summed E-state index contributed by atoms with van der Waals surface area (Å²) in [7, 11) is 0. The second kappa shape index (κ2) is 16.5. The summed E-state index contributed by atoms with van der Waals surface area (Å²) in [6, 6.07) is 10.0. The van der Waals surface area contributed by atoms with Crippen LogP contribution in [0.3, 0.4) is 0 Å². The van der Waals surface area contributed by atoms with E-state index in [1.54, 1.807) is 13.8 Å². The van der Waals surface area contributed by atoms with Crippen LogP contribution in [0.25, 0.3) is 6.08 Å². The Morgan fingerprint density at radius 2 is 1.18 bits per heavy atom. The first-order valence-corrected chi connectivity index (χ1v) is 8.86. The average molecular weight is 390 g/mol. The molecule has 0 saturated heterocycles. The molecule has 6 heteroatoms. The van der Waals surface area contributed by atoms with Gasteiger partial charge >= 0.3 is 11.9 Å². The standard InChI is InChI=1S/C14H22O6.C8H8/c1-11(2)13(15)19-9-7-17-5-6-18-8-10-20-14(16)12(3)4;1-2-8-6-4-3-5-7-8/h1,3,5-10H2,2,4H3;2-7H,1H2. The van der Waals surface area contributed by atoms with Crippen LogP contribution in [0.15, 0.2) is 61.2 Å². The third-order valence-corrected chi connectivity index (χ3v) is 3.03. The molecule has 1 aromatic carbocycles. The van der Waals surface area contributed by atoms with E-state index in [0.29, 0.717) is 37.6 Å². The van der Waals surface area contributed by atoms with Crippen LogP contribution in [0.5, 0.6) is 0 Å². The van der Waals surface area contributed by atoms with E-state index in [-0.39, 0.29) is 13.2 Å². The predicted octanol–water partition coefficient (Wildman–Crippen LogP) is 3.59. The van der Waals surface area contributed by atoms with Crippen LogP contribution < -0.4 is 0 Å². The smallest absolute Gasteiger partial charge is 0.333 e. The molecule has 0 unspecified atom stereocenters. The van der Waals surface area contributed by atoms with Gasteiger partial charge in [-0.2, -0.15) is 0 Å². The fourth-order valence-electron chi connectivity index (χ4n) is 1.54. The molecule has 0 bridgehead atoms. The molecule has 1 rings (SSSR count). The van der Waals surface area contributed by atoms with Crippen molar-refractivity contribution in [1.82, 2.24) is 0 Å². The topological polar surface area (TPSA) is 71.1 Å². The Kier molecular flexibility index (Phi) is 14.9. The summed E-state index contributed by atoms with van der Waals surface area (Å²) in [5, 5.41) is 0. The molecule has 6 nitrogen and oxygen atoms in total. The van der Waals surface area contributed by atoms with Crippen molar-refractivity contribution in [2.24, 2.45) is 0 Å². The number of carbonyl (C=O) groups excluding carboxylic acids is 2. The van der Waals surface area contributed by atoms with Gasteiger partial charge in [0.25, 0.3) is 0 Å². The molecular weight excluding hydrogens is 360 g/mol. The number of rotatable bonds is 12. The minimum Gasteiger partial charge on any atom is -0.460 e. The molecule has 0 radical (unpaired) electrons. The van der Waals surface area contributed by atoms with Crippen molar-refractivity contribution in [2.45, 2.75) is 13.8 Å². The van der Waals surface area contributed by atoms with E-state index in [1.807, 2.05) is 36.4 Å². The molecule has 0 saturated carbocycles. The van der Waals surface area contributed by atoms with Crippen molar-refractivity contribution in [3.05, 3.63) is 66.8 Å². The molecule has 0 fully saturated rings. The summed E-state index contributed by atoms with van der Waals surface area (Å²) in [4.78, 5) is 22.0. The maximum Gasteiger partial charge on any atom is 0.333 e. The molecule has 0 aromatic heterocycles. The Bertz CT molecular complexity index is 587. The molecule has 0 aliphatic rings. The third-order valence-electron chi connectivity index (χ3n) is 3.03. The number of benzene rings is 1. The lowest BCUT2D eigenvalue weighted by molar-refractivity contribution is -0.142. The van der Waals surface area contributed by atoms with E-state index in [1.165, 1.54) is 5.56 Å². The van der Waals surface area contributed by atoms with Gasteiger partial charge in [-0.3, -0.25) is 0 Å². The largest absolute Gasteiger partial charge is 0.460 e. The predicted molar refractivity (Wildman–Crippen MR) is 110 cm³/mol. The van der Waals surface area contributed by atoms with Gasteiger partial charge in [0, 0.05) is 11.1 Å². The van der Waals surface area contributed by atoms with Gasteiger partial charge < -0.3 is 18.9 Å². The second-order valence-electron chi connectivity index (χ2n) is 5.67. The van der Waals surface area contributed by atoms with Gasteiger partial charge in [-0.1, -0.05) is 56.1 Å². The Labute approximate surface area is 167 Å². The molecule has 1 aromatic rings. The van der Waals surface area contributed by atoms with Crippen molar-refractivity contribution in [1.29, 1.82) is 0 Å². The van der Waals surface area contributed by atoms with Gasteiger partial charge in [-0.25, -0.2) is 9.59 Å².